The summed E-state index contributed by atoms with van der Waals surface area (Å²) in [7, 11) is -3.20. The second-order valence-electron chi connectivity index (χ2n) is 6.08. The van der Waals surface area contributed by atoms with E-state index in [1.807, 2.05) is 0 Å². The first-order valence-electron chi connectivity index (χ1n) is 5.95. The Balaban J connectivity index is 4.25. The number of carbonyl (C=O) groups excluding carboxylic acids is 1. The monoisotopic (exact) mass is 278 g/mol. The highest BCUT2D eigenvalue weighted by Crippen LogP contribution is 2.11. The van der Waals surface area contributed by atoms with E-state index in [-0.39, 0.29) is 18.7 Å². The molecule has 17 heavy (non-hydrogen) atoms. The third-order valence-electron chi connectivity index (χ3n) is 1.69. The molecule has 0 spiro atoms. The molecule has 0 heterocycles. The van der Waals surface area contributed by atoms with Crippen molar-refractivity contribution in [1.82, 2.24) is 0 Å². The number of carbonyl (C=O) groups is 1. The van der Waals surface area contributed by atoms with Crippen LogP contribution in [-0.4, -0.2) is 41.9 Å². The summed E-state index contributed by atoms with van der Waals surface area (Å²) in [5.41, 5.74) is 0. The molecular weight excluding hydrogens is 252 g/mol. The molecule has 0 aliphatic rings. The van der Waals surface area contributed by atoms with Crippen LogP contribution in [-0.2, 0) is 18.4 Å². The molecule has 0 fully saturated rings. The predicted octanol–water partition coefficient (Wildman–Crippen LogP) is 2.62. The van der Waals surface area contributed by atoms with E-state index in [2.05, 4.69) is 39.3 Å². The molecule has 6 heteroatoms. The molecule has 0 aromatic heterocycles. The van der Waals surface area contributed by atoms with Gasteiger partial charge in [0.2, 0.25) is 0 Å². The van der Waals surface area contributed by atoms with Gasteiger partial charge >= 0.3 is 5.97 Å². The standard InChI is InChI=1S/C11H26O4Si2/c1-10(12)13-8-11(15-17(5,6)7)9-14-16(2,3)4/h11H,8-9H2,1-7H3. The number of hydrogen-bond donors (Lipinski definition) is 0. The number of hydrogen-bond acceptors (Lipinski definition) is 4. The van der Waals surface area contributed by atoms with Gasteiger partial charge in [-0.15, -0.1) is 0 Å². The Labute approximate surface area is 107 Å². The van der Waals surface area contributed by atoms with Crippen molar-refractivity contribution in [2.24, 2.45) is 0 Å². The van der Waals surface area contributed by atoms with E-state index >= 15 is 0 Å². The molecule has 0 saturated heterocycles. The Morgan fingerprint density at radius 1 is 1.00 bits per heavy atom. The highest BCUT2D eigenvalue weighted by molar-refractivity contribution is 6.70. The second kappa shape index (κ2) is 6.68. The summed E-state index contributed by atoms with van der Waals surface area (Å²) >= 11 is 0. The van der Waals surface area contributed by atoms with Crippen molar-refractivity contribution in [1.29, 1.82) is 0 Å². The molecule has 0 aromatic rings. The Kier molecular flexibility index (Phi) is 6.61. The van der Waals surface area contributed by atoms with E-state index in [9.17, 15) is 4.79 Å². The molecule has 1 atom stereocenters. The lowest BCUT2D eigenvalue weighted by molar-refractivity contribution is -0.144. The largest absolute Gasteiger partial charge is 0.463 e. The molecule has 0 aromatic carbocycles. The van der Waals surface area contributed by atoms with Crippen LogP contribution in [0.5, 0.6) is 0 Å². The van der Waals surface area contributed by atoms with Crippen LogP contribution in [0, 0.1) is 0 Å². The highest BCUT2D eigenvalue weighted by Gasteiger charge is 2.24. The fourth-order valence-electron chi connectivity index (χ4n) is 1.17. The first-order valence-corrected chi connectivity index (χ1v) is 12.8. The van der Waals surface area contributed by atoms with Crippen LogP contribution < -0.4 is 0 Å². The van der Waals surface area contributed by atoms with Crippen molar-refractivity contribution < 1.29 is 18.4 Å². The zero-order valence-corrected chi connectivity index (χ0v) is 14.1. The molecule has 0 aliphatic heterocycles. The second-order valence-corrected chi connectivity index (χ2v) is 15.1. The summed E-state index contributed by atoms with van der Waals surface area (Å²) in [5.74, 6) is -0.276. The van der Waals surface area contributed by atoms with Gasteiger partial charge in [-0.05, 0) is 39.3 Å². The van der Waals surface area contributed by atoms with Crippen molar-refractivity contribution in [3.63, 3.8) is 0 Å². The van der Waals surface area contributed by atoms with Crippen molar-refractivity contribution in [2.45, 2.75) is 52.3 Å². The van der Waals surface area contributed by atoms with Gasteiger partial charge in [0.05, 0.1) is 6.61 Å². The third-order valence-corrected chi connectivity index (χ3v) is 3.77. The van der Waals surface area contributed by atoms with Gasteiger partial charge in [0.25, 0.3) is 0 Å². The van der Waals surface area contributed by atoms with Gasteiger partial charge in [0, 0.05) is 6.92 Å². The van der Waals surface area contributed by atoms with Crippen LogP contribution in [0.2, 0.25) is 39.3 Å². The lowest BCUT2D eigenvalue weighted by Gasteiger charge is -2.28. The molecule has 0 radical (unpaired) electrons. The number of esters is 1. The third kappa shape index (κ3) is 12.1. The predicted molar refractivity (Wildman–Crippen MR) is 74.2 cm³/mol. The number of rotatable bonds is 7. The molecule has 0 aliphatic carbocycles. The van der Waals surface area contributed by atoms with Gasteiger partial charge in [-0.3, -0.25) is 4.79 Å². The lowest BCUT2D eigenvalue weighted by Crippen LogP contribution is -2.40. The van der Waals surface area contributed by atoms with Crippen molar-refractivity contribution >= 4 is 22.6 Å². The maximum Gasteiger partial charge on any atom is 0.302 e. The number of ether oxygens (including phenoxy) is 1. The van der Waals surface area contributed by atoms with Gasteiger partial charge in [-0.25, -0.2) is 0 Å². The Hall–Kier alpha value is -0.176. The summed E-state index contributed by atoms with van der Waals surface area (Å²) in [6, 6.07) is 0. The average molecular weight is 278 g/mol. The maximum atomic E-state index is 10.8. The molecule has 0 rings (SSSR count). The van der Waals surface area contributed by atoms with E-state index < -0.39 is 16.6 Å². The molecule has 102 valence electrons. The Morgan fingerprint density at radius 2 is 1.53 bits per heavy atom. The van der Waals surface area contributed by atoms with Gasteiger partial charge in [0.1, 0.15) is 12.7 Å². The van der Waals surface area contributed by atoms with Crippen molar-refractivity contribution in [3.8, 4) is 0 Å². The average Bonchev–Trinajstić information content (AvgIpc) is 2.06. The summed E-state index contributed by atoms with van der Waals surface area (Å²) in [6.45, 7) is 14.9. The first kappa shape index (κ1) is 16.8. The zero-order valence-electron chi connectivity index (χ0n) is 12.1. The van der Waals surface area contributed by atoms with Crippen molar-refractivity contribution in [2.75, 3.05) is 13.2 Å². The smallest absolute Gasteiger partial charge is 0.302 e. The maximum absolute atomic E-state index is 10.8. The van der Waals surface area contributed by atoms with Crippen LogP contribution >= 0.6 is 0 Å². The molecule has 1 unspecified atom stereocenters. The molecule has 0 bridgehead atoms. The minimum absolute atomic E-state index is 0.141. The van der Waals surface area contributed by atoms with E-state index in [0.717, 1.165) is 0 Å². The van der Waals surface area contributed by atoms with E-state index in [4.69, 9.17) is 13.6 Å². The summed E-state index contributed by atoms with van der Waals surface area (Å²) < 4.78 is 16.8. The van der Waals surface area contributed by atoms with Gasteiger partial charge in [0.15, 0.2) is 16.6 Å². The minimum Gasteiger partial charge on any atom is -0.463 e. The van der Waals surface area contributed by atoms with E-state index in [1.165, 1.54) is 6.92 Å². The first-order chi connectivity index (χ1) is 7.49. The molecule has 0 amide bonds. The Bertz CT molecular complexity index is 243. The molecule has 4 nitrogen and oxygen atoms in total. The van der Waals surface area contributed by atoms with Crippen LogP contribution in [0.25, 0.3) is 0 Å². The van der Waals surface area contributed by atoms with Crippen LogP contribution in [0.4, 0.5) is 0 Å². The topological polar surface area (TPSA) is 44.8 Å². The van der Waals surface area contributed by atoms with E-state index in [1.54, 1.807) is 0 Å². The lowest BCUT2D eigenvalue weighted by atomic mass is 10.4. The highest BCUT2D eigenvalue weighted by atomic mass is 28.4. The fraction of sp³-hybridized carbons (Fsp3) is 0.909. The van der Waals surface area contributed by atoms with E-state index in [0.29, 0.717) is 6.61 Å². The SMILES string of the molecule is CC(=O)OCC(CO[Si](C)(C)C)O[Si](C)(C)C. The minimum atomic E-state index is -1.64. The van der Waals surface area contributed by atoms with Gasteiger partial charge < -0.3 is 13.6 Å². The van der Waals surface area contributed by atoms with Crippen LogP contribution in [0.15, 0.2) is 0 Å². The van der Waals surface area contributed by atoms with Gasteiger partial charge in [-0.2, -0.15) is 0 Å². The summed E-state index contributed by atoms with van der Waals surface area (Å²) in [5, 5.41) is 0. The summed E-state index contributed by atoms with van der Waals surface area (Å²) in [6.07, 6.45) is -0.141. The Morgan fingerprint density at radius 3 is 1.88 bits per heavy atom. The molecule has 0 saturated carbocycles. The van der Waals surface area contributed by atoms with Gasteiger partial charge in [-0.1, -0.05) is 0 Å². The molecule has 0 N–H and O–H groups in total. The summed E-state index contributed by atoms with van der Waals surface area (Å²) in [4.78, 5) is 10.8. The van der Waals surface area contributed by atoms with Crippen molar-refractivity contribution in [3.05, 3.63) is 0 Å². The van der Waals surface area contributed by atoms with Crippen LogP contribution in [0.1, 0.15) is 6.92 Å². The quantitative estimate of drug-likeness (QED) is 0.530. The van der Waals surface area contributed by atoms with Crippen LogP contribution in [0.3, 0.4) is 0 Å². The zero-order chi connectivity index (χ0) is 13.7. The normalized spacial score (nSPS) is 14.5. The fourth-order valence-corrected chi connectivity index (χ4v) is 2.99. The molecular formula is C11H26O4Si2.